The minimum absolute atomic E-state index is 0.0691. The zero-order valence-corrected chi connectivity index (χ0v) is 23.1. The summed E-state index contributed by atoms with van der Waals surface area (Å²) in [6, 6.07) is 9.96. The summed E-state index contributed by atoms with van der Waals surface area (Å²) in [5.41, 5.74) is 1.56. The number of rotatable bonds is 10. The van der Waals surface area contributed by atoms with Crippen molar-refractivity contribution >= 4 is 29.2 Å². The summed E-state index contributed by atoms with van der Waals surface area (Å²) in [6.07, 6.45) is 5.66. The number of alkyl halides is 2. The molecular weight excluding hydrogens is 467 g/mol. The van der Waals surface area contributed by atoms with E-state index in [-0.39, 0.29) is 33.6 Å². The van der Waals surface area contributed by atoms with E-state index in [0.29, 0.717) is 6.61 Å². The van der Waals surface area contributed by atoms with Crippen LogP contribution >= 0.6 is 23.2 Å². The lowest BCUT2D eigenvalue weighted by Gasteiger charge is -2.43. The molecule has 2 heterocycles. The van der Waals surface area contributed by atoms with Crippen LogP contribution in [0.4, 0.5) is 0 Å². The second-order valence-corrected chi connectivity index (χ2v) is 13.2. The van der Waals surface area contributed by atoms with E-state index in [2.05, 4.69) is 49.6 Å². The first-order valence-electron chi connectivity index (χ1n) is 13.0. The Balaban J connectivity index is 1.54. The van der Waals surface area contributed by atoms with Gasteiger partial charge in [-0.15, -0.1) is 23.2 Å². The highest BCUT2D eigenvalue weighted by Crippen LogP contribution is 2.34. The number of unbranched alkanes of at least 4 members (excludes halogenated alkanes) is 1. The minimum atomic E-state index is -0.227. The Morgan fingerprint density at radius 2 is 1.65 bits per heavy atom. The van der Waals surface area contributed by atoms with Crippen molar-refractivity contribution in [2.75, 3.05) is 39.3 Å². The third-order valence-electron chi connectivity index (χ3n) is 7.11. The van der Waals surface area contributed by atoms with Crippen molar-refractivity contribution in [2.24, 2.45) is 10.8 Å². The van der Waals surface area contributed by atoms with E-state index < -0.39 is 0 Å². The van der Waals surface area contributed by atoms with Gasteiger partial charge in [-0.05, 0) is 48.6 Å². The molecule has 0 aromatic heterocycles. The lowest BCUT2D eigenvalue weighted by Crippen LogP contribution is -2.53. The third-order valence-corrected chi connectivity index (χ3v) is 7.70. The van der Waals surface area contributed by atoms with Gasteiger partial charge in [0.1, 0.15) is 6.04 Å². The van der Waals surface area contributed by atoms with Crippen LogP contribution in [-0.2, 0) is 16.0 Å². The number of halogens is 2. The van der Waals surface area contributed by atoms with E-state index in [9.17, 15) is 4.79 Å². The topological polar surface area (TPSA) is 32.8 Å². The first-order chi connectivity index (χ1) is 16.0. The van der Waals surface area contributed by atoms with Gasteiger partial charge in [0.05, 0.1) is 6.61 Å². The molecule has 3 atom stereocenters. The van der Waals surface area contributed by atoms with Gasteiger partial charge in [-0.25, -0.2) is 0 Å². The van der Waals surface area contributed by atoms with Gasteiger partial charge in [-0.2, -0.15) is 0 Å². The van der Waals surface area contributed by atoms with Crippen molar-refractivity contribution in [2.45, 2.75) is 83.0 Å². The average molecular weight is 512 g/mol. The van der Waals surface area contributed by atoms with Crippen molar-refractivity contribution in [3.63, 3.8) is 0 Å². The molecule has 1 aromatic carbocycles. The highest BCUT2D eigenvalue weighted by atomic mass is 35.5. The van der Waals surface area contributed by atoms with E-state index in [1.165, 1.54) is 5.56 Å². The van der Waals surface area contributed by atoms with Crippen LogP contribution < -0.4 is 0 Å². The molecule has 0 bridgehead atoms. The number of esters is 1. The number of benzene rings is 1. The molecule has 1 aromatic rings. The summed E-state index contributed by atoms with van der Waals surface area (Å²) in [5, 5.41) is 0.298. The standard InChI is InChI=1S/C28H44Cl2N2O2/c1-27(2)16-23(29)18-31(20-27)14-9-8-12-25(32-19-24(30)17-28(3,4)21-32)26(33)34-15-13-22-10-6-5-7-11-22/h5-7,10-11,23-25H,8-9,12-21H2,1-4H3/t23?,24?,25-/m0/s1. The van der Waals surface area contributed by atoms with Crippen LogP contribution in [0.1, 0.15) is 65.4 Å². The highest BCUT2D eigenvalue weighted by molar-refractivity contribution is 6.21. The maximum absolute atomic E-state index is 13.2. The number of likely N-dealkylation sites (tertiary alicyclic amines) is 2. The fourth-order valence-electron chi connectivity index (χ4n) is 5.82. The fraction of sp³-hybridized carbons (Fsp3) is 0.750. The van der Waals surface area contributed by atoms with Crippen LogP contribution in [-0.4, -0.2) is 71.9 Å². The van der Waals surface area contributed by atoms with Gasteiger partial charge in [-0.1, -0.05) is 64.4 Å². The quantitative estimate of drug-likeness (QED) is 0.220. The minimum Gasteiger partial charge on any atom is -0.464 e. The zero-order chi connectivity index (χ0) is 24.8. The van der Waals surface area contributed by atoms with Crippen LogP contribution in [0.3, 0.4) is 0 Å². The molecule has 0 amide bonds. The number of carbonyl (C=O) groups is 1. The Morgan fingerprint density at radius 1 is 1.00 bits per heavy atom. The van der Waals surface area contributed by atoms with Crippen molar-refractivity contribution in [3.05, 3.63) is 35.9 Å². The Hall–Kier alpha value is -0.810. The third kappa shape index (κ3) is 9.00. The van der Waals surface area contributed by atoms with E-state index in [1.54, 1.807) is 0 Å². The molecular formula is C28H44Cl2N2O2. The summed E-state index contributed by atoms with van der Waals surface area (Å²) < 4.78 is 5.80. The molecule has 192 valence electrons. The molecule has 2 aliphatic heterocycles. The van der Waals surface area contributed by atoms with Crippen molar-refractivity contribution in [1.82, 2.24) is 9.80 Å². The molecule has 34 heavy (non-hydrogen) atoms. The molecule has 0 aliphatic carbocycles. The molecule has 0 spiro atoms. The van der Waals surface area contributed by atoms with Gasteiger partial charge < -0.3 is 9.64 Å². The van der Waals surface area contributed by atoms with Crippen molar-refractivity contribution in [1.29, 1.82) is 0 Å². The Kier molecular flexibility index (Phi) is 10.2. The number of nitrogens with zero attached hydrogens (tertiary/aromatic N) is 2. The molecule has 0 saturated carbocycles. The Labute approximate surface area is 217 Å². The summed E-state index contributed by atoms with van der Waals surface area (Å²) in [7, 11) is 0. The van der Waals surface area contributed by atoms with Gasteiger partial charge >= 0.3 is 5.97 Å². The average Bonchev–Trinajstić information content (AvgIpc) is 2.71. The SMILES string of the molecule is CC1(C)CC(Cl)CN(CCCC[C@@H](C(=O)OCCc2ccccc2)N2CC(Cl)CC(C)(C)C2)C1. The van der Waals surface area contributed by atoms with E-state index in [4.69, 9.17) is 27.9 Å². The molecule has 2 saturated heterocycles. The second kappa shape index (κ2) is 12.4. The van der Waals surface area contributed by atoms with Gasteiger partial charge in [0.25, 0.3) is 0 Å². The highest BCUT2D eigenvalue weighted by Gasteiger charge is 2.38. The predicted octanol–water partition coefficient (Wildman–Crippen LogP) is 5.99. The Morgan fingerprint density at radius 3 is 2.29 bits per heavy atom. The molecule has 2 fully saturated rings. The first kappa shape index (κ1) is 27.8. The van der Waals surface area contributed by atoms with Crippen LogP contribution in [0.25, 0.3) is 0 Å². The molecule has 2 aliphatic rings. The lowest BCUT2D eigenvalue weighted by atomic mass is 9.83. The normalized spacial score (nSPS) is 26.2. The van der Waals surface area contributed by atoms with E-state index >= 15 is 0 Å². The number of hydrogen-bond acceptors (Lipinski definition) is 4. The maximum atomic E-state index is 13.2. The maximum Gasteiger partial charge on any atom is 0.323 e. The van der Waals surface area contributed by atoms with Crippen LogP contribution in [0.5, 0.6) is 0 Å². The number of hydrogen-bond donors (Lipinski definition) is 0. The van der Waals surface area contributed by atoms with Gasteiger partial charge in [0.2, 0.25) is 0 Å². The van der Waals surface area contributed by atoms with Crippen LogP contribution in [0, 0.1) is 10.8 Å². The lowest BCUT2D eigenvalue weighted by molar-refractivity contribution is -0.151. The zero-order valence-electron chi connectivity index (χ0n) is 21.6. The largest absolute Gasteiger partial charge is 0.464 e. The van der Waals surface area contributed by atoms with Gasteiger partial charge in [0.15, 0.2) is 0 Å². The monoisotopic (exact) mass is 510 g/mol. The first-order valence-corrected chi connectivity index (χ1v) is 13.9. The summed E-state index contributed by atoms with van der Waals surface area (Å²) >= 11 is 13.1. The number of piperidine rings is 2. The molecule has 0 radical (unpaired) electrons. The number of ether oxygens (including phenoxy) is 1. The molecule has 3 rings (SSSR count). The van der Waals surface area contributed by atoms with E-state index in [0.717, 1.165) is 71.2 Å². The van der Waals surface area contributed by atoms with Crippen molar-refractivity contribution in [3.8, 4) is 0 Å². The second-order valence-electron chi connectivity index (χ2n) is 12.0. The fourth-order valence-corrected chi connectivity index (χ4v) is 7.02. The van der Waals surface area contributed by atoms with Gasteiger partial charge in [-0.3, -0.25) is 9.69 Å². The number of carbonyl (C=O) groups excluding carboxylic acids is 1. The van der Waals surface area contributed by atoms with Crippen molar-refractivity contribution < 1.29 is 9.53 Å². The summed E-state index contributed by atoms with van der Waals surface area (Å²) in [6.45, 7) is 14.2. The van der Waals surface area contributed by atoms with E-state index in [1.807, 2.05) is 18.2 Å². The van der Waals surface area contributed by atoms with Crippen LogP contribution in [0.2, 0.25) is 0 Å². The smallest absolute Gasteiger partial charge is 0.323 e. The summed E-state index contributed by atoms with van der Waals surface area (Å²) in [5.74, 6) is -0.0996. The molecule has 2 unspecified atom stereocenters. The predicted molar refractivity (Wildman–Crippen MR) is 143 cm³/mol. The summed E-state index contributed by atoms with van der Waals surface area (Å²) in [4.78, 5) is 18.0. The van der Waals surface area contributed by atoms with Gasteiger partial charge in [0, 0.05) is 43.4 Å². The molecule has 0 N–H and O–H groups in total. The molecule has 6 heteroatoms. The Bertz CT molecular complexity index is 771. The molecule has 4 nitrogen and oxygen atoms in total. The van der Waals surface area contributed by atoms with Crippen LogP contribution in [0.15, 0.2) is 30.3 Å².